The Morgan fingerprint density at radius 1 is 0.806 bits per heavy atom. The summed E-state index contributed by atoms with van der Waals surface area (Å²) in [5, 5.41) is 13.0. The number of fused-ring (bicyclic) bond motifs is 1. The number of pyridine rings is 2. The zero-order chi connectivity index (χ0) is 21.3. The molecular formula is C21H15N7O2S. The smallest absolute Gasteiger partial charge is 0.263 e. The van der Waals surface area contributed by atoms with E-state index in [1.165, 1.54) is 18.5 Å². The van der Waals surface area contributed by atoms with Crippen LogP contribution in [-0.4, -0.2) is 38.2 Å². The van der Waals surface area contributed by atoms with Gasteiger partial charge in [0.2, 0.25) is 0 Å². The first-order chi connectivity index (χ1) is 15.1. The molecule has 1 N–H and O–H groups in total. The highest BCUT2D eigenvalue weighted by molar-refractivity contribution is 7.92. The maximum Gasteiger partial charge on any atom is 0.263 e. The zero-order valence-electron chi connectivity index (χ0n) is 16.0. The number of nitrogens with zero attached hydrogens (tertiary/aromatic N) is 6. The van der Waals surface area contributed by atoms with Crippen molar-refractivity contribution >= 4 is 21.4 Å². The third-order valence-corrected chi connectivity index (χ3v) is 5.92. The zero-order valence-corrected chi connectivity index (χ0v) is 16.8. The highest BCUT2D eigenvalue weighted by atomic mass is 32.2. The van der Waals surface area contributed by atoms with Crippen molar-refractivity contribution in [3.05, 3.63) is 85.5 Å². The fraction of sp³-hybridized carbons (Fsp3) is 0. The van der Waals surface area contributed by atoms with Gasteiger partial charge in [-0.2, -0.15) is 9.61 Å². The van der Waals surface area contributed by atoms with E-state index in [9.17, 15) is 8.42 Å². The average molecular weight is 429 g/mol. The van der Waals surface area contributed by atoms with E-state index in [0.29, 0.717) is 22.9 Å². The third-order valence-electron chi connectivity index (χ3n) is 4.56. The Morgan fingerprint density at radius 2 is 1.68 bits per heavy atom. The largest absolute Gasteiger partial charge is 0.280 e. The molecule has 0 aliphatic carbocycles. The van der Waals surface area contributed by atoms with Crippen molar-refractivity contribution in [2.24, 2.45) is 0 Å². The molecule has 31 heavy (non-hydrogen) atoms. The maximum atomic E-state index is 12.6. The topological polar surface area (TPSA) is 115 Å². The fourth-order valence-electron chi connectivity index (χ4n) is 3.09. The Labute approximate surface area is 177 Å². The molecular weight excluding hydrogens is 414 g/mol. The molecule has 10 heteroatoms. The summed E-state index contributed by atoms with van der Waals surface area (Å²) in [6, 6.07) is 17.4. The van der Waals surface area contributed by atoms with Crippen LogP contribution in [0.2, 0.25) is 0 Å². The van der Waals surface area contributed by atoms with Crippen molar-refractivity contribution in [3.8, 4) is 22.6 Å². The van der Waals surface area contributed by atoms with E-state index in [1.54, 1.807) is 41.2 Å². The Morgan fingerprint density at radius 3 is 2.48 bits per heavy atom. The van der Waals surface area contributed by atoms with Crippen molar-refractivity contribution < 1.29 is 8.42 Å². The number of benzene rings is 1. The molecule has 0 unspecified atom stereocenters. The lowest BCUT2D eigenvalue weighted by molar-refractivity contribution is 0.601. The quantitative estimate of drug-likeness (QED) is 0.456. The highest BCUT2D eigenvalue weighted by Gasteiger charge is 2.15. The SMILES string of the molecule is O=S(=O)(Nc1cccc(-c2ccc3nnc(-c4ccncc4)n3n2)c1)c1cccnc1. The van der Waals surface area contributed by atoms with Gasteiger partial charge in [0.25, 0.3) is 10.0 Å². The molecule has 0 saturated carbocycles. The number of nitrogens with one attached hydrogen (secondary N) is 1. The van der Waals surface area contributed by atoms with Crippen LogP contribution in [0.5, 0.6) is 0 Å². The van der Waals surface area contributed by atoms with Crippen LogP contribution in [0, 0.1) is 0 Å². The second-order valence-corrected chi connectivity index (χ2v) is 8.31. The van der Waals surface area contributed by atoms with Gasteiger partial charge in [-0.1, -0.05) is 12.1 Å². The van der Waals surface area contributed by atoms with Crippen molar-refractivity contribution in [2.75, 3.05) is 4.72 Å². The van der Waals surface area contributed by atoms with E-state index in [1.807, 2.05) is 30.3 Å². The molecule has 0 fully saturated rings. The van der Waals surface area contributed by atoms with Crippen LogP contribution in [0.15, 0.2) is 90.3 Å². The molecule has 1 aromatic carbocycles. The minimum Gasteiger partial charge on any atom is -0.280 e. The van der Waals surface area contributed by atoms with Gasteiger partial charge in [0.1, 0.15) is 4.90 Å². The van der Waals surface area contributed by atoms with E-state index >= 15 is 0 Å². The molecule has 9 nitrogen and oxygen atoms in total. The van der Waals surface area contributed by atoms with E-state index in [0.717, 1.165) is 11.1 Å². The van der Waals surface area contributed by atoms with Crippen molar-refractivity contribution in [1.82, 2.24) is 29.8 Å². The van der Waals surface area contributed by atoms with Gasteiger partial charge in [-0.3, -0.25) is 14.7 Å². The molecule has 0 bridgehead atoms. The first-order valence-corrected chi connectivity index (χ1v) is 10.7. The monoisotopic (exact) mass is 429 g/mol. The van der Waals surface area contributed by atoms with Crippen LogP contribution >= 0.6 is 0 Å². The number of hydrogen-bond acceptors (Lipinski definition) is 7. The predicted octanol–water partition coefficient (Wildman–Crippen LogP) is 3.05. The fourth-order valence-corrected chi connectivity index (χ4v) is 4.10. The summed E-state index contributed by atoms with van der Waals surface area (Å²) in [6.07, 6.45) is 6.18. The Balaban J connectivity index is 1.51. The molecule has 0 amide bonds. The van der Waals surface area contributed by atoms with Crippen LogP contribution in [0.4, 0.5) is 5.69 Å². The number of sulfonamides is 1. The number of hydrogen-bond donors (Lipinski definition) is 1. The molecule has 0 spiro atoms. The second-order valence-electron chi connectivity index (χ2n) is 6.62. The molecule has 0 radical (unpaired) electrons. The summed E-state index contributed by atoms with van der Waals surface area (Å²) >= 11 is 0. The predicted molar refractivity (Wildman–Crippen MR) is 114 cm³/mol. The van der Waals surface area contributed by atoms with Crippen molar-refractivity contribution in [3.63, 3.8) is 0 Å². The summed E-state index contributed by atoms with van der Waals surface area (Å²) in [7, 11) is -3.74. The van der Waals surface area contributed by atoms with Crippen molar-refractivity contribution in [1.29, 1.82) is 0 Å². The van der Waals surface area contributed by atoms with Gasteiger partial charge < -0.3 is 0 Å². The molecule has 4 heterocycles. The van der Waals surface area contributed by atoms with E-state index < -0.39 is 10.0 Å². The van der Waals surface area contributed by atoms with Gasteiger partial charge in [0.05, 0.1) is 5.69 Å². The van der Waals surface area contributed by atoms with Crippen LogP contribution in [0.3, 0.4) is 0 Å². The van der Waals surface area contributed by atoms with E-state index in [4.69, 9.17) is 0 Å². The van der Waals surface area contributed by atoms with Gasteiger partial charge in [-0.25, -0.2) is 8.42 Å². The normalized spacial score (nSPS) is 11.5. The molecule has 0 aliphatic rings. The molecule has 0 saturated heterocycles. The standard InChI is InChI=1S/C21H15N7O2S/c29-31(30,18-5-2-10-23-14-18)27-17-4-1-3-16(13-17)19-6-7-20-24-25-21(28(20)26-19)15-8-11-22-12-9-15/h1-14,27H. The lowest BCUT2D eigenvalue weighted by Gasteiger charge is -2.09. The minimum absolute atomic E-state index is 0.0893. The van der Waals surface area contributed by atoms with Gasteiger partial charge in [-0.15, -0.1) is 10.2 Å². The van der Waals surface area contributed by atoms with Crippen LogP contribution < -0.4 is 4.72 Å². The molecule has 5 rings (SSSR count). The number of rotatable bonds is 5. The maximum absolute atomic E-state index is 12.6. The Hall–Kier alpha value is -4.18. The summed E-state index contributed by atoms with van der Waals surface area (Å²) in [4.78, 5) is 7.98. The molecule has 4 aromatic heterocycles. The number of aromatic nitrogens is 6. The number of anilines is 1. The lowest BCUT2D eigenvalue weighted by atomic mass is 10.1. The molecule has 0 aliphatic heterocycles. The summed E-state index contributed by atoms with van der Waals surface area (Å²) in [5.41, 5.74) is 3.24. The molecule has 0 atom stereocenters. The minimum atomic E-state index is -3.74. The van der Waals surface area contributed by atoms with Crippen LogP contribution in [0.1, 0.15) is 0 Å². The average Bonchev–Trinajstić information content (AvgIpc) is 3.23. The first kappa shape index (κ1) is 18.8. The van der Waals surface area contributed by atoms with Gasteiger partial charge in [-0.05, 0) is 48.5 Å². The van der Waals surface area contributed by atoms with E-state index in [2.05, 4.69) is 30.0 Å². The summed E-state index contributed by atoms with van der Waals surface area (Å²) in [5.74, 6) is 0.590. The Kier molecular flexibility index (Phi) is 4.60. The lowest BCUT2D eigenvalue weighted by Crippen LogP contribution is -2.13. The summed E-state index contributed by atoms with van der Waals surface area (Å²) in [6.45, 7) is 0. The van der Waals surface area contributed by atoms with Crippen LogP contribution in [0.25, 0.3) is 28.3 Å². The molecule has 5 aromatic rings. The second kappa shape index (κ2) is 7.58. The van der Waals surface area contributed by atoms with Gasteiger partial charge in [0, 0.05) is 41.6 Å². The van der Waals surface area contributed by atoms with Crippen molar-refractivity contribution in [2.45, 2.75) is 4.90 Å². The Bertz CT molecular complexity index is 1470. The van der Waals surface area contributed by atoms with Crippen LogP contribution in [-0.2, 0) is 10.0 Å². The third kappa shape index (κ3) is 3.71. The highest BCUT2D eigenvalue weighted by Crippen LogP contribution is 2.24. The van der Waals surface area contributed by atoms with E-state index in [-0.39, 0.29) is 4.90 Å². The summed E-state index contributed by atoms with van der Waals surface area (Å²) < 4.78 is 29.4. The molecule has 152 valence electrons. The van der Waals surface area contributed by atoms with Gasteiger partial charge in [0.15, 0.2) is 11.5 Å². The van der Waals surface area contributed by atoms with Gasteiger partial charge >= 0.3 is 0 Å². The first-order valence-electron chi connectivity index (χ1n) is 9.26.